The highest BCUT2D eigenvalue weighted by Gasteiger charge is 2.47. The second kappa shape index (κ2) is 10.5. The van der Waals surface area contributed by atoms with Gasteiger partial charge in [0.15, 0.2) is 0 Å². The normalized spacial score (nSPS) is 19.9. The van der Waals surface area contributed by atoms with Crippen LogP contribution < -0.4 is 20.7 Å². The van der Waals surface area contributed by atoms with Crippen LogP contribution in [0.1, 0.15) is 29.5 Å². The minimum absolute atomic E-state index is 0.143. The standard InChI is InChI=1S/C26H34N4O4/c1-18-5-3-4-6-22(18)26(33)15-30(16-26)25(32)23(13-19-7-10-21(34-2)11-8-19)29-24(31)12-9-20-14-27-17-28-20/h3-8,10-11,20,23,27-28,33H,9,12-17H2,1-2H3,(H,29,31)/t20?,23-/m1/s1. The summed E-state index contributed by atoms with van der Waals surface area (Å²) in [7, 11) is 1.61. The van der Waals surface area contributed by atoms with Gasteiger partial charge in [-0.2, -0.15) is 0 Å². The van der Waals surface area contributed by atoms with Gasteiger partial charge in [-0.25, -0.2) is 0 Å². The molecule has 0 radical (unpaired) electrons. The van der Waals surface area contributed by atoms with E-state index in [2.05, 4.69) is 16.0 Å². The zero-order valence-corrected chi connectivity index (χ0v) is 19.8. The smallest absolute Gasteiger partial charge is 0.245 e. The van der Waals surface area contributed by atoms with Crippen molar-refractivity contribution >= 4 is 11.8 Å². The monoisotopic (exact) mass is 466 g/mol. The number of β-amino-alcohol motifs (C(OH)–C–C–N with tert-alkyl or cyclic N) is 1. The van der Waals surface area contributed by atoms with Crippen LogP contribution in [0.15, 0.2) is 48.5 Å². The first-order valence-electron chi connectivity index (χ1n) is 11.8. The van der Waals surface area contributed by atoms with Crippen LogP contribution in [0.3, 0.4) is 0 Å². The van der Waals surface area contributed by atoms with Crippen LogP contribution in [0.5, 0.6) is 5.75 Å². The molecular formula is C26H34N4O4. The van der Waals surface area contributed by atoms with Crippen molar-refractivity contribution < 1.29 is 19.4 Å². The molecule has 0 bridgehead atoms. The van der Waals surface area contributed by atoms with Crippen molar-refractivity contribution in [2.24, 2.45) is 0 Å². The van der Waals surface area contributed by atoms with Crippen LogP contribution >= 0.6 is 0 Å². The molecule has 0 saturated carbocycles. The molecule has 8 nitrogen and oxygen atoms in total. The fourth-order valence-electron chi connectivity index (χ4n) is 4.74. The zero-order valence-electron chi connectivity index (χ0n) is 19.8. The number of likely N-dealkylation sites (tertiary alicyclic amines) is 1. The van der Waals surface area contributed by atoms with E-state index in [9.17, 15) is 14.7 Å². The Labute approximate surface area is 200 Å². The zero-order chi connectivity index (χ0) is 24.1. The third-order valence-corrected chi connectivity index (χ3v) is 6.72. The van der Waals surface area contributed by atoms with Crippen LogP contribution in [-0.2, 0) is 21.6 Å². The lowest BCUT2D eigenvalue weighted by Crippen LogP contribution is -2.65. The number of rotatable bonds is 9. The van der Waals surface area contributed by atoms with Gasteiger partial charge in [-0.1, -0.05) is 36.4 Å². The van der Waals surface area contributed by atoms with Gasteiger partial charge < -0.3 is 30.7 Å². The number of benzene rings is 2. The Morgan fingerprint density at radius 3 is 2.59 bits per heavy atom. The van der Waals surface area contributed by atoms with Gasteiger partial charge in [0.25, 0.3) is 0 Å². The van der Waals surface area contributed by atoms with E-state index in [1.165, 1.54) is 0 Å². The first kappa shape index (κ1) is 24.2. The average Bonchev–Trinajstić information content (AvgIpc) is 3.34. The molecule has 4 rings (SSSR count). The number of nitrogens with zero attached hydrogens (tertiary/aromatic N) is 1. The van der Waals surface area contributed by atoms with E-state index < -0.39 is 11.6 Å². The molecule has 4 N–H and O–H groups in total. The van der Waals surface area contributed by atoms with E-state index >= 15 is 0 Å². The summed E-state index contributed by atoms with van der Waals surface area (Å²) in [6, 6.07) is 14.7. The van der Waals surface area contributed by atoms with Crippen molar-refractivity contribution in [1.82, 2.24) is 20.9 Å². The summed E-state index contributed by atoms with van der Waals surface area (Å²) in [6.45, 7) is 3.97. The van der Waals surface area contributed by atoms with Gasteiger partial charge in [0.2, 0.25) is 11.8 Å². The molecule has 182 valence electrons. The number of amides is 2. The fraction of sp³-hybridized carbons (Fsp3) is 0.462. The fourth-order valence-corrected chi connectivity index (χ4v) is 4.74. The maximum atomic E-state index is 13.4. The second-order valence-corrected chi connectivity index (χ2v) is 9.28. The van der Waals surface area contributed by atoms with Crippen molar-refractivity contribution in [3.63, 3.8) is 0 Å². The predicted octanol–water partition coefficient (Wildman–Crippen LogP) is 1.06. The number of hydrogen-bond donors (Lipinski definition) is 4. The average molecular weight is 467 g/mol. The van der Waals surface area contributed by atoms with Gasteiger partial charge in [0.05, 0.1) is 20.2 Å². The quantitative estimate of drug-likeness (QED) is 0.441. The number of aliphatic hydroxyl groups is 1. The molecule has 2 heterocycles. The van der Waals surface area contributed by atoms with Crippen molar-refractivity contribution in [3.8, 4) is 5.75 Å². The van der Waals surface area contributed by atoms with E-state index in [1.807, 2.05) is 55.5 Å². The Hall–Kier alpha value is -2.94. The number of methoxy groups -OCH3 is 1. The van der Waals surface area contributed by atoms with E-state index in [0.29, 0.717) is 19.3 Å². The molecule has 8 heteroatoms. The number of nitrogens with one attached hydrogen (secondary N) is 3. The summed E-state index contributed by atoms with van der Waals surface area (Å²) < 4.78 is 5.22. The Morgan fingerprint density at radius 2 is 1.94 bits per heavy atom. The molecule has 2 fully saturated rings. The minimum Gasteiger partial charge on any atom is -0.497 e. The van der Waals surface area contributed by atoms with Gasteiger partial charge >= 0.3 is 0 Å². The van der Waals surface area contributed by atoms with Crippen molar-refractivity contribution in [2.75, 3.05) is 33.4 Å². The van der Waals surface area contributed by atoms with Gasteiger partial charge in [-0.3, -0.25) is 9.59 Å². The number of carbonyl (C=O) groups is 2. The van der Waals surface area contributed by atoms with E-state index in [1.54, 1.807) is 12.0 Å². The number of ether oxygens (including phenoxy) is 1. The molecule has 2 aromatic rings. The van der Waals surface area contributed by atoms with Gasteiger partial charge in [0, 0.05) is 32.1 Å². The second-order valence-electron chi connectivity index (χ2n) is 9.28. The first-order valence-corrected chi connectivity index (χ1v) is 11.8. The highest BCUT2D eigenvalue weighted by Crippen LogP contribution is 2.34. The summed E-state index contributed by atoms with van der Waals surface area (Å²) in [5, 5.41) is 20.6. The summed E-state index contributed by atoms with van der Waals surface area (Å²) in [5.74, 6) is 0.415. The Morgan fingerprint density at radius 1 is 1.21 bits per heavy atom. The Bertz CT molecular complexity index is 998. The Balaban J connectivity index is 1.42. The first-order chi connectivity index (χ1) is 16.4. The van der Waals surface area contributed by atoms with E-state index in [-0.39, 0.29) is 30.9 Å². The minimum atomic E-state index is -1.06. The largest absolute Gasteiger partial charge is 0.497 e. The maximum Gasteiger partial charge on any atom is 0.245 e. The summed E-state index contributed by atoms with van der Waals surface area (Å²) >= 11 is 0. The van der Waals surface area contributed by atoms with Gasteiger partial charge in [-0.05, 0) is 42.2 Å². The van der Waals surface area contributed by atoms with Crippen LogP contribution in [0.2, 0.25) is 0 Å². The number of hydrogen-bond acceptors (Lipinski definition) is 6. The molecule has 2 aliphatic heterocycles. The third kappa shape index (κ3) is 5.58. The highest BCUT2D eigenvalue weighted by atomic mass is 16.5. The summed E-state index contributed by atoms with van der Waals surface area (Å²) in [4.78, 5) is 27.8. The van der Waals surface area contributed by atoms with Crippen molar-refractivity contribution in [1.29, 1.82) is 0 Å². The molecule has 2 aliphatic rings. The van der Waals surface area contributed by atoms with Crippen LogP contribution in [0, 0.1) is 6.92 Å². The summed E-state index contributed by atoms with van der Waals surface area (Å²) in [5.41, 5.74) is 1.70. The Kier molecular flexibility index (Phi) is 7.50. The predicted molar refractivity (Wildman–Crippen MR) is 129 cm³/mol. The maximum absolute atomic E-state index is 13.4. The molecule has 2 saturated heterocycles. The lowest BCUT2D eigenvalue weighted by atomic mass is 9.83. The lowest BCUT2D eigenvalue weighted by Gasteiger charge is -2.48. The molecule has 2 aromatic carbocycles. The van der Waals surface area contributed by atoms with Crippen molar-refractivity contribution in [3.05, 3.63) is 65.2 Å². The van der Waals surface area contributed by atoms with Crippen LogP contribution in [0.4, 0.5) is 0 Å². The van der Waals surface area contributed by atoms with Gasteiger partial charge in [-0.15, -0.1) is 0 Å². The molecule has 2 amide bonds. The molecule has 0 aliphatic carbocycles. The van der Waals surface area contributed by atoms with E-state index in [4.69, 9.17) is 4.74 Å². The third-order valence-electron chi connectivity index (χ3n) is 6.72. The molecular weight excluding hydrogens is 432 g/mol. The molecule has 34 heavy (non-hydrogen) atoms. The number of aryl methyl sites for hydroxylation is 1. The number of carbonyl (C=O) groups excluding carboxylic acids is 2. The van der Waals surface area contributed by atoms with Gasteiger partial charge in [0.1, 0.15) is 17.4 Å². The molecule has 1 unspecified atom stereocenters. The van der Waals surface area contributed by atoms with Crippen LogP contribution in [0.25, 0.3) is 0 Å². The van der Waals surface area contributed by atoms with E-state index in [0.717, 1.165) is 35.7 Å². The SMILES string of the molecule is COc1ccc(C[C@@H](NC(=O)CCC2CNCN2)C(=O)N2CC(O)(c3ccccc3C)C2)cc1. The highest BCUT2D eigenvalue weighted by molar-refractivity contribution is 5.88. The molecule has 0 aromatic heterocycles. The van der Waals surface area contributed by atoms with Crippen molar-refractivity contribution in [2.45, 2.75) is 43.9 Å². The lowest BCUT2D eigenvalue weighted by molar-refractivity contribution is -0.160. The molecule has 2 atom stereocenters. The molecule has 0 spiro atoms. The topological polar surface area (TPSA) is 103 Å². The summed E-state index contributed by atoms with van der Waals surface area (Å²) in [6.07, 6.45) is 1.43. The van der Waals surface area contributed by atoms with Crippen LogP contribution in [-0.4, -0.2) is 67.3 Å².